The van der Waals surface area contributed by atoms with Gasteiger partial charge in [0.1, 0.15) is 12.7 Å². The predicted octanol–water partition coefficient (Wildman–Crippen LogP) is 3.40. The number of anilines is 1. The lowest BCUT2D eigenvalue weighted by Gasteiger charge is -2.14. The predicted molar refractivity (Wildman–Crippen MR) is 103 cm³/mol. The normalized spacial score (nSPS) is 12.0. The first-order valence-electron chi connectivity index (χ1n) is 8.72. The molecule has 3 rings (SSSR count). The summed E-state index contributed by atoms with van der Waals surface area (Å²) >= 11 is 0. The van der Waals surface area contributed by atoms with Crippen LogP contribution in [0.3, 0.4) is 0 Å². The Bertz CT molecular complexity index is 1140. The van der Waals surface area contributed by atoms with Gasteiger partial charge in [-0.3, -0.25) is 4.79 Å². The van der Waals surface area contributed by atoms with E-state index in [2.05, 4.69) is 15.4 Å². The van der Waals surface area contributed by atoms with Crippen LogP contribution in [0.15, 0.2) is 60.0 Å². The summed E-state index contributed by atoms with van der Waals surface area (Å²) in [6.45, 7) is 1.81. The van der Waals surface area contributed by atoms with Gasteiger partial charge in [-0.05, 0) is 37.3 Å². The van der Waals surface area contributed by atoms with Gasteiger partial charge in [0, 0.05) is 6.42 Å². The average molecular weight is 438 g/mol. The summed E-state index contributed by atoms with van der Waals surface area (Å²) in [6, 6.07) is 8.93. The molecule has 1 heterocycles. The van der Waals surface area contributed by atoms with Gasteiger partial charge in [0.25, 0.3) is 0 Å². The molecule has 7 nitrogen and oxygen atoms in total. The van der Waals surface area contributed by atoms with Crippen LogP contribution in [0.2, 0.25) is 0 Å². The van der Waals surface area contributed by atoms with Gasteiger partial charge in [0.2, 0.25) is 5.91 Å². The van der Waals surface area contributed by atoms with Crippen molar-refractivity contribution >= 4 is 21.4 Å². The summed E-state index contributed by atoms with van der Waals surface area (Å²) in [6.07, 6.45) is -2.59. The summed E-state index contributed by atoms with van der Waals surface area (Å²) in [7, 11) is -3.72. The lowest BCUT2D eigenvalue weighted by atomic mass is 10.1. The second-order valence-corrected chi connectivity index (χ2v) is 8.61. The molecule has 3 aromatic rings. The second-order valence-electron chi connectivity index (χ2n) is 6.50. The van der Waals surface area contributed by atoms with E-state index in [1.165, 1.54) is 29.5 Å². The number of rotatable bonds is 6. The molecule has 1 N–H and O–H groups in total. The summed E-state index contributed by atoms with van der Waals surface area (Å²) in [5, 5.41) is 6.21. The van der Waals surface area contributed by atoms with E-state index >= 15 is 0 Å². The van der Waals surface area contributed by atoms with Crippen molar-refractivity contribution in [2.45, 2.75) is 24.4 Å². The molecule has 0 saturated heterocycles. The fraction of sp³-hybridized carbons (Fsp3) is 0.211. The lowest BCUT2D eigenvalue weighted by molar-refractivity contribution is -0.137. The van der Waals surface area contributed by atoms with E-state index in [4.69, 9.17) is 0 Å². The van der Waals surface area contributed by atoms with Crippen molar-refractivity contribution in [1.29, 1.82) is 0 Å². The smallest absolute Gasteiger partial charge is 0.324 e. The number of carbonyl (C=O) groups is 1. The highest BCUT2D eigenvalue weighted by Crippen LogP contribution is 2.33. The molecule has 2 aromatic carbocycles. The molecule has 11 heteroatoms. The highest BCUT2D eigenvalue weighted by atomic mass is 32.2. The molecule has 0 aliphatic carbocycles. The van der Waals surface area contributed by atoms with Crippen molar-refractivity contribution in [1.82, 2.24) is 14.8 Å². The van der Waals surface area contributed by atoms with Gasteiger partial charge >= 0.3 is 6.18 Å². The monoisotopic (exact) mass is 438 g/mol. The number of amides is 1. The number of benzene rings is 2. The quantitative estimate of drug-likeness (QED) is 0.637. The number of carbonyl (C=O) groups excluding carboxylic acids is 1. The minimum absolute atomic E-state index is 0.0725. The van der Waals surface area contributed by atoms with E-state index in [-0.39, 0.29) is 16.3 Å². The van der Waals surface area contributed by atoms with Crippen LogP contribution in [-0.2, 0) is 20.8 Å². The van der Waals surface area contributed by atoms with Crippen LogP contribution in [-0.4, -0.2) is 34.8 Å². The van der Waals surface area contributed by atoms with E-state index in [1.54, 1.807) is 12.1 Å². The van der Waals surface area contributed by atoms with Gasteiger partial charge in [-0.2, -0.15) is 18.3 Å². The minimum Gasteiger partial charge on any atom is -0.324 e. The Morgan fingerprint density at radius 1 is 1.13 bits per heavy atom. The van der Waals surface area contributed by atoms with E-state index in [9.17, 15) is 26.4 Å². The highest BCUT2D eigenvalue weighted by Gasteiger charge is 2.31. The van der Waals surface area contributed by atoms with E-state index in [0.29, 0.717) is 0 Å². The van der Waals surface area contributed by atoms with Gasteiger partial charge in [-0.1, -0.05) is 17.7 Å². The SMILES string of the molecule is Cc1ccc(S(=O)(=O)CCC(=O)Nc2cc(C(F)(F)F)ccc2-n2cncn2)cc1. The lowest BCUT2D eigenvalue weighted by Crippen LogP contribution is -2.19. The maximum Gasteiger partial charge on any atom is 0.416 e. The maximum atomic E-state index is 13.1. The Morgan fingerprint density at radius 2 is 1.83 bits per heavy atom. The largest absolute Gasteiger partial charge is 0.416 e. The van der Waals surface area contributed by atoms with Crippen LogP contribution in [0.1, 0.15) is 17.5 Å². The van der Waals surface area contributed by atoms with Crippen LogP contribution in [0.5, 0.6) is 0 Å². The zero-order valence-corrected chi connectivity index (χ0v) is 16.5. The molecule has 1 amide bonds. The van der Waals surface area contributed by atoms with Crippen molar-refractivity contribution in [3.05, 3.63) is 66.2 Å². The summed E-state index contributed by atoms with van der Waals surface area (Å²) in [4.78, 5) is 16.1. The number of sulfone groups is 1. The fourth-order valence-corrected chi connectivity index (χ4v) is 3.89. The van der Waals surface area contributed by atoms with Crippen molar-refractivity contribution in [2.75, 3.05) is 11.1 Å². The highest BCUT2D eigenvalue weighted by molar-refractivity contribution is 7.91. The van der Waals surface area contributed by atoms with Crippen LogP contribution in [0, 0.1) is 6.92 Å². The van der Waals surface area contributed by atoms with Crippen molar-refractivity contribution in [3.63, 3.8) is 0 Å². The summed E-state index contributed by atoms with van der Waals surface area (Å²) < 4.78 is 65.2. The molecule has 0 fully saturated rings. The summed E-state index contributed by atoms with van der Waals surface area (Å²) in [5.41, 5.74) is -0.0749. The Morgan fingerprint density at radius 3 is 2.43 bits per heavy atom. The minimum atomic E-state index is -4.62. The van der Waals surface area contributed by atoms with Gasteiger partial charge < -0.3 is 5.32 Å². The van der Waals surface area contributed by atoms with Gasteiger partial charge in [-0.15, -0.1) is 0 Å². The first kappa shape index (κ1) is 21.5. The molecule has 0 saturated carbocycles. The third kappa shape index (κ3) is 5.03. The number of hydrogen-bond donors (Lipinski definition) is 1. The fourth-order valence-electron chi connectivity index (χ4n) is 2.65. The molecule has 30 heavy (non-hydrogen) atoms. The zero-order valence-electron chi connectivity index (χ0n) is 15.7. The topological polar surface area (TPSA) is 94.0 Å². The second kappa shape index (κ2) is 8.27. The third-order valence-corrected chi connectivity index (χ3v) is 5.97. The number of aromatic nitrogens is 3. The number of nitrogens with zero attached hydrogens (tertiary/aromatic N) is 3. The number of hydrogen-bond acceptors (Lipinski definition) is 5. The summed E-state index contributed by atoms with van der Waals surface area (Å²) in [5.74, 6) is -1.23. The Hall–Kier alpha value is -3.21. The number of nitrogens with one attached hydrogen (secondary N) is 1. The average Bonchev–Trinajstić information content (AvgIpc) is 3.21. The van der Waals surface area contributed by atoms with E-state index in [0.717, 1.165) is 23.8 Å². The molecule has 0 spiro atoms. The third-order valence-electron chi connectivity index (χ3n) is 4.24. The molecule has 0 radical (unpaired) electrons. The molecular weight excluding hydrogens is 421 g/mol. The van der Waals surface area contributed by atoms with E-state index in [1.807, 2.05) is 6.92 Å². The van der Waals surface area contributed by atoms with Crippen molar-refractivity contribution in [3.8, 4) is 5.69 Å². The molecule has 158 valence electrons. The first-order chi connectivity index (χ1) is 14.1. The molecular formula is C19H17F3N4O3S. The van der Waals surface area contributed by atoms with E-state index < -0.39 is 39.7 Å². The standard InChI is InChI=1S/C19H17F3N4O3S/c1-13-2-5-15(6-3-13)30(28,29)9-8-18(27)25-16-10-14(19(20,21)22)4-7-17(16)26-12-23-11-24-26/h2-7,10-12H,8-9H2,1H3,(H,25,27). The number of halogens is 3. The zero-order chi connectivity index (χ0) is 21.9. The Kier molecular flexibility index (Phi) is 5.92. The molecule has 1 aromatic heterocycles. The number of alkyl halides is 3. The first-order valence-corrected chi connectivity index (χ1v) is 10.4. The van der Waals surface area contributed by atoms with Crippen LogP contribution in [0.25, 0.3) is 5.69 Å². The maximum absolute atomic E-state index is 13.1. The molecule has 0 aliphatic heterocycles. The number of aryl methyl sites for hydroxylation is 1. The van der Waals surface area contributed by atoms with Crippen molar-refractivity contribution < 1.29 is 26.4 Å². The Labute approximate surface area is 170 Å². The van der Waals surface area contributed by atoms with Crippen LogP contribution < -0.4 is 5.32 Å². The molecule has 0 atom stereocenters. The van der Waals surface area contributed by atoms with Gasteiger partial charge in [-0.25, -0.2) is 18.1 Å². The molecule has 0 aliphatic rings. The van der Waals surface area contributed by atoms with Gasteiger partial charge in [0.15, 0.2) is 9.84 Å². The Balaban J connectivity index is 1.79. The van der Waals surface area contributed by atoms with Crippen LogP contribution in [0.4, 0.5) is 18.9 Å². The van der Waals surface area contributed by atoms with Crippen molar-refractivity contribution in [2.24, 2.45) is 0 Å². The molecule has 0 unspecified atom stereocenters. The molecule has 0 bridgehead atoms. The van der Waals surface area contributed by atoms with Gasteiger partial charge in [0.05, 0.1) is 27.6 Å². The van der Waals surface area contributed by atoms with Crippen LogP contribution >= 0.6 is 0 Å².